The first-order valence-electron chi connectivity index (χ1n) is 4.54. The molecule has 2 N–H and O–H groups in total. The van der Waals surface area contributed by atoms with Gasteiger partial charge in [-0.05, 0) is 6.92 Å². The molecule has 0 saturated heterocycles. The van der Waals surface area contributed by atoms with Crippen LogP contribution in [0, 0.1) is 5.92 Å². The smallest absolute Gasteiger partial charge is 0.216 e. The minimum absolute atomic E-state index is 0.0367. The molecular formula is C9H17NO3S. The lowest BCUT2D eigenvalue weighted by molar-refractivity contribution is -0.119. The maximum Gasteiger partial charge on any atom is 0.216 e. The summed E-state index contributed by atoms with van der Waals surface area (Å²) >= 11 is 1.14. The van der Waals surface area contributed by atoms with E-state index >= 15 is 0 Å². The maximum absolute atomic E-state index is 11.3. The summed E-state index contributed by atoms with van der Waals surface area (Å²) in [6.45, 7) is 5.21. The highest BCUT2D eigenvalue weighted by Gasteiger charge is 2.17. The minimum atomic E-state index is -0.615. The number of rotatable bonds is 5. The summed E-state index contributed by atoms with van der Waals surface area (Å²) in [4.78, 5) is 21.8. The van der Waals surface area contributed by atoms with Crippen molar-refractivity contribution in [2.24, 2.45) is 5.92 Å². The molecule has 0 fully saturated rings. The standard InChI is InChI=1S/C9H17NO3S/c1-6(7(2)11)9(13)14-5-4-10-8(3)12/h6-7,11H,4-5H2,1-3H3,(H,10,12)/t6-,7+/m0/s1. The van der Waals surface area contributed by atoms with Crippen molar-refractivity contribution in [3.63, 3.8) is 0 Å². The van der Waals surface area contributed by atoms with Crippen molar-refractivity contribution in [2.75, 3.05) is 12.3 Å². The number of amides is 1. The molecule has 0 rings (SSSR count). The van der Waals surface area contributed by atoms with E-state index in [1.165, 1.54) is 6.92 Å². The number of carbonyl (C=O) groups is 2. The fourth-order valence-electron chi connectivity index (χ4n) is 0.707. The van der Waals surface area contributed by atoms with E-state index in [0.29, 0.717) is 12.3 Å². The van der Waals surface area contributed by atoms with Crippen LogP contribution in [0.15, 0.2) is 0 Å². The van der Waals surface area contributed by atoms with E-state index in [9.17, 15) is 9.59 Å². The second-order valence-corrected chi connectivity index (χ2v) is 4.28. The van der Waals surface area contributed by atoms with Gasteiger partial charge in [0.1, 0.15) is 0 Å². The number of aliphatic hydroxyl groups is 1. The summed E-state index contributed by atoms with van der Waals surface area (Å²) in [6.07, 6.45) is -0.615. The van der Waals surface area contributed by atoms with E-state index in [0.717, 1.165) is 11.8 Å². The minimum Gasteiger partial charge on any atom is -0.393 e. The molecule has 0 aromatic carbocycles. The molecule has 4 nitrogen and oxygen atoms in total. The van der Waals surface area contributed by atoms with Crippen LogP contribution in [-0.2, 0) is 9.59 Å². The van der Waals surface area contributed by atoms with Gasteiger partial charge in [0, 0.05) is 19.2 Å². The third kappa shape index (κ3) is 5.99. The summed E-state index contributed by atoms with van der Waals surface area (Å²) < 4.78 is 0. The Labute approximate surface area is 88.4 Å². The van der Waals surface area contributed by atoms with Crippen LogP contribution in [0.25, 0.3) is 0 Å². The Balaban J connectivity index is 3.59. The summed E-state index contributed by atoms with van der Waals surface area (Å²) in [5.74, 6) is 0.106. The van der Waals surface area contributed by atoms with Crippen LogP contribution < -0.4 is 5.32 Å². The van der Waals surface area contributed by atoms with E-state index in [1.54, 1.807) is 13.8 Å². The monoisotopic (exact) mass is 219 g/mol. The van der Waals surface area contributed by atoms with Crippen LogP contribution in [0.3, 0.4) is 0 Å². The zero-order valence-corrected chi connectivity index (χ0v) is 9.56. The van der Waals surface area contributed by atoms with Gasteiger partial charge in [-0.25, -0.2) is 0 Å². The molecule has 0 heterocycles. The zero-order chi connectivity index (χ0) is 11.1. The molecule has 1 amide bonds. The molecule has 0 aliphatic heterocycles. The van der Waals surface area contributed by atoms with Gasteiger partial charge in [-0.3, -0.25) is 9.59 Å². The second-order valence-electron chi connectivity index (χ2n) is 3.18. The Hall–Kier alpha value is -0.550. The first kappa shape index (κ1) is 13.4. The van der Waals surface area contributed by atoms with E-state index in [-0.39, 0.29) is 16.9 Å². The van der Waals surface area contributed by atoms with Crippen molar-refractivity contribution in [3.05, 3.63) is 0 Å². The van der Waals surface area contributed by atoms with Gasteiger partial charge in [-0.15, -0.1) is 0 Å². The maximum atomic E-state index is 11.3. The van der Waals surface area contributed by atoms with Gasteiger partial charge >= 0.3 is 0 Å². The van der Waals surface area contributed by atoms with Crippen LogP contribution in [0.2, 0.25) is 0 Å². The van der Waals surface area contributed by atoms with Crippen molar-refractivity contribution in [3.8, 4) is 0 Å². The Morgan fingerprint density at radius 1 is 1.43 bits per heavy atom. The molecule has 0 aromatic rings. The van der Waals surface area contributed by atoms with E-state index in [2.05, 4.69) is 5.32 Å². The van der Waals surface area contributed by atoms with Crippen LogP contribution in [-0.4, -0.2) is 34.5 Å². The number of carbonyl (C=O) groups excluding carboxylic acids is 2. The topological polar surface area (TPSA) is 66.4 Å². The highest BCUT2D eigenvalue weighted by molar-refractivity contribution is 8.13. The van der Waals surface area contributed by atoms with Gasteiger partial charge in [0.2, 0.25) is 5.91 Å². The van der Waals surface area contributed by atoms with E-state index < -0.39 is 6.10 Å². The van der Waals surface area contributed by atoms with Crippen LogP contribution >= 0.6 is 11.8 Å². The molecule has 0 unspecified atom stereocenters. The summed E-state index contributed by atoms with van der Waals surface area (Å²) in [7, 11) is 0. The summed E-state index contributed by atoms with van der Waals surface area (Å²) in [5.41, 5.74) is 0. The predicted molar refractivity (Wildman–Crippen MR) is 57.0 cm³/mol. The molecule has 5 heteroatoms. The van der Waals surface area contributed by atoms with Crippen LogP contribution in [0.5, 0.6) is 0 Å². The molecule has 0 aromatic heterocycles. The lowest BCUT2D eigenvalue weighted by Gasteiger charge is -2.12. The van der Waals surface area contributed by atoms with Gasteiger partial charge in [-0.2, -0.15) is 0 Å². The number of hydrogen-bond donors (Lipinski definition) is 2. The first-order chi connectivity index (χ1) is 6.45. The average Bonchev–Trinajstić information content (AvgIpc) is 2.10. The predicted octanol–water partition coefficient (Wildman–Crippen LogP) is 0.399. The number of thioether (sulfide) groups is 1. The number of nitrogens with one attached hydrogen (secondary N) is 1. The lowest BCUT2D eigenvalue weighted by atomic mass is 10.1. The van der Waals surface area contributed by atoms with Crippen LogP contribution in [0.4, 0.5) is 0 Å². The normalized spacial score (nSPS) is 14.6. The fraction of sp³-hybridized carbons (Fsp3) is 0.778. The molecule has 14 heavy (non-hydrogen) atoms. The van der Waals surface area contributed by atoms with Crippen molar-refractivity contribution in [2.45, 2.75) is 26.9 Å². The van der Waals surface area contributed by atoms with E-state index in [1.807, 2.05) is 0 Å². The SMILES string of the molecule is CC(=O)NCCSC(=O)[C@@H](C)[C@@H](C)O. The molecule has 2 atom stereocenters. The van der Waals surface area contributed by atoms with E-state index in [4.69, 9.17) is 5.11 Å². The van der Waals surface area contributed by atoms with Gasteiger partial charge in [0.15, 0.2) is 5.12 Å². The molecule has 0 saturated carbocycles. The van der Waals surface area contributed by atoms with Crippen molar-refractivity contribution >= 4 is 22.8 Å². The van der Waals surface area contributed by atoms with Gasteiger partial charge in [0.05, 0.1) is 12.0 Å². The number of aliphatic hydroxyl groups excluding tert-OH is 1. The molecule has 0 radical (unpaired) electrons. The molecule has 82 valence electrons. The fourth-order valence-corrected chi connectivity index (χ4v) is 1.57. The average molecular weight is 219 g/mol. The number of hydrogen-bond acceptors (Lipinski definition) is 4. The Morgan fingerprint density at radius 2 is 2.00 bits per heavy atom. The largest absolute Gasteiger partial charge is 0.393 e. The molecule has 0 aliphatic carbocycles. The Morgan fingerprint density at radius 3 is 2.43 bits per heavy atom. The highest BCUT2D eigenvalue weighted by atomic mass is 32.2. The van der Waals surface area contributed by atoms with Crippen molar-refractivity contribution < 1.29 is 14.7 Å². The first-order valence-corrected chi connectivity index (χ1v) is 5.53. The van der Waals surface area contributed by atoms with Crippen LogP contribution in [0.1, 0.15) is 20.8 Å². The second kappa shape index (κ2) is 6.84. The molecular weight excluding hydrogens is 202 g/mol. The summed E-state index contributed by atoms with van der Waals surface area (Å²) in [6, 6.07) is 0. The van der Waals surface area contributed by atoms with Gasteiger partial charge in [0.25, 0.3) is 0 Å². The summed E-state index contributed by atoms with van der Waals surface area (Å²) in [5, 5.41) is 11.7. The van der Waals surface area contributed by atoms with Gasteiger partial charge in [-0.1, -0.05) is 18.7 Å². The van der Waals surface area contributed by atoms with Crippen molar-refractivity contribution in [1.82, 2.24) is 5.32 Å². The Bertz CT molecular complexity index is 206. The quantitative estimate of drug-likeness (QED) is 0.657. The third-order valence-electron chi connectivity index (χ3n) is 1.82. The molecule has 0 bridgehead atoms. The van der Waals surface area contributed by atoms with Crippen molar-refractivity contribution in [1.29, 1.82) is 0 Å². The third-order valence-corrected chi connectivity index (χ3v) is 2.88. The zero-order valence-electron chi connectivity index (χ0n) is 8.74. The van der Waals surface area contributed by atoms with Gasteiger partial charge < -0.3 is 10.4 Å². The molecule has 0 spiro atoms. The highest BCUT2D eigenvalue weighted by Crippen LogP contribution is 2.13. The molecule has 0 aliphatic rings. The lowest BCUT2D eigenvalue weighted by Crippen LogP contribution is -2.25. The Kier molecular flexibility index (Phi) is 6.57.